The second-order valence-corrected chi connectivity index (χ2v) is 13.3. The molecule has 1 aliphatic heterocycles. The zero-order valence-corrected chi connectivity index (χ0v) is 25.8. The van der Waals surface area contributed by atoms with Crippen molar-refractivity contribution in [2.45, 2.75) is 50.6 Å². The number of amides is 2. The molecular formula is C34H36FN3O5S. The van der Waals surface area contributed by atoms with Crippen LogP contribution in [0.5, 0.6) is 11.5 Å². The molecule has 0 saturated carbocycles. The van der Waals surface area contributed by atoms with Crippen LogP contribution in [0.15, 0.2) is 95.9 Å². The maximum absolute atomic E-state index is 14.8. The molecule has 0 radical (unpaired) electrons. The van der Waals surface area contributed by atoms with E-state index < -0.39 is 15.8 Å². The number of ether oxygens (including phenoxy) is 2. The third-order valence-corrected chi connectivity index (χ3v) is 8.62. The molecule has 0 aromatic heterocycles. The largest absolute Gasteiger partial charge is 0.493 e. The Bertz CT molecular complexity index is 1720. The number of benzene rings is 4. The van der Waals surface area contributed by atoms with Gasteiger partial charge in [0, 0.05) is 31.3 Å². The maximum atomic E-state index is 14.8. The normalized spacial score (nSPS) is 12.9. The zero-order valence-electron chi connectivity index (χ0n) is 25.0. The Labute approximate surface area is 257 Å². The number of nitrogens with zero attached hydrogens (tertiary/aromatic N) is 1. The Morgan fingerprint density at radius 3 is 2.20 bits per heavy atom. The van der Waals surface area contributed by atoms with Gasteiger partial charge in [-0.05, 0) is 70.6 Å². The summed E-state index contributed by atoms with van der Waals surface area (Å²) in [6.07, 6.45) is 0.590. The van der Waals surface area contributed by atoms with Crippen LogP contribution in [0.25, 0.3) is 0 Å². The van der Waals surface area contributed by atoms with Gasteiger partial charge in [-0.15, -0.1) is 0 Å². The lowest BCUT2D eigenvalue weighted by Crippen LogP contribution is -2.30. The average molecular weight is 618 g/mol. The lowest BCUT2D eigenvalue weighted by atomic mass is 9.87. The lowest BCUT2D eigenvalue weighted by molar-refractivity contribution is 0.212. The van der Waals surface area contributed by atoms with Crippen LogP contribution in [0.2, 0.25) is 0 Å². The van der Waals surface area contributed by atoms with Gasteiger partial charge in [0.15, 0.2) is 5.82 Å². The summed E-state index contributed by atoms with van der Waals surface area (Å²) in [4.78, 5) is 14.5. The van der Waals surface area contributed by atoms with Gasteiger partial charge in [0.25, 0.3) is 10.0 Å². The Balaban J connectivity index is 1.15. The van der Waals surface area contributed by atoms with E-state index in [0.717, 1.165) is 22.9 Å². The Kier molecular flexibility index (Phi) is 9.10. The molecule has 0 saturated heterocycles. The van der Waals surface area contributed by atoms with E-state index >= 15 is 0 Å². The molecule has 5 rings (SSSR count). The molecule has 0 atom stereocenters. The van der Waals surface area contributed by atoms with Crippen molar-refractivity contribution in [3.8, 4) is 11.5 Å². The van der Waals surface area contributed by atoms with Gasteiger partial charge in [-0.25, -0.2) is 17.6 Å². The number of carbonyl (C=O) groups is 1. The number of carbonyl (C=O) groups excluding carboxylic acids is 1. The van der Waals surface area contributed by atoms with E-state index in [1.807, 2.05) is 54.6 Å². The summed E-state index contributed by atoms with van der Waals surface area (Å²) < 4.78 is 54.6. The highest BCUT2D eigenvalue weighted by atomic mass is 32.2. The fraction of sp³-hybridized carbons (Fsp3) is 0.265. The van der Waals surface area contributed by atoms with Gasteiger partial charge < -0.3 is 19.7 Å². The molecule has 0 fully saturated rings. The van der Waals surface area contributed by atoms with Crippen molar-refractivity contribution in [2.75, 3.05) is 23.3 Å². The number of anilines is 2. The molecule has 230 valence electrons. The van der Waals surface area contributed by atoms with E-state index in [0.29, 0.717) is 37.4 Å². The number of nitrogens with one attached hydrogen (secondary N) is 2. The Morgan fingerprint density at radius 2 is 1.52 bits per heavy atom. The van der Waals surface area contributed by atoms with Gasteiger partial charge in [0.1, 0.15) is 11.5 Å². The quantitative estimate of drug-likeness (QED) is 0.182. The number of hydrogen-bond donors (Lipinski definition) is 2. The van der Waals surface area contributed by atoms with Gasteiger partial charge in [-0.3, -0.25) is 4.72 Å². The molecule has 1 aliphatic rings. The maximum Gasteiger partial charge on any atom is 0.322 e. The molecule has 0 spiro atoms. The van der Waals surface area contributed by atoms with Crippen molar-refractivity contribution in [3.05, 3.63) is 114 Å². The summed E-state index contributed by atoms with van der Waals surface area (Å²) in [6.45, 7) is 7.73. The Hall–Kier alpha value is -4.57. The molecule has 0 unspecified atom stereocenters. The highest BCUT2D eigenvalue weighted by molar-refractivity contribution is 7.92. The average Bonchev–Trinajstić information content (AvgIpc) is 3.43. The van der Waals surface area contributed by atoms with Crippen molar-refractivity contribution in [3.63, 3.8) is 0 Å². The predicted molar refractivity (Wildman–Crippen MR) is 169 cm³/mol. The Morgan fingerprint density at radius 1 is 0.841 bits per heavy atom. The van der Waals surface area contributed by atoms with Crippen molar-refractivity contribution in [2.24, 2.45) is 0 Å². The first-order valence-corrected chi connectivity index (χ1v) is 15.9. The molecule has 1 heterocycles. The van der Waals surface area contributed by atoms with Crippen molar-refractivity contribution >= 4 is 27.4 Å². The minimum Gasteiger partial charge on any atom is -0.493 e. The number of hydrogen-bond acceptors (Lipinski definition) is 5. The second kappa shape index (κ2) is 13.0. The van der Waals surface area contributed by atoms with Crippen LogP contribution in [0.1, 0.15) is 43.9 Å². The third-order valence-electron chi connectivity index (χ3n) is 7.25. The van der Waals surface area contributed by atoms with E-state index in [2.05, 4.69) is 30.8 Å². The van der Waals surface area contributed by atoms with Crippen LogP contribution in [0, 0.1) is 5.82 Å². The number of sulfonamides is 1. The van der Waals surface area contributed by atoms with Crippen LogP contribution in [0.4, 0.5) is 20.6 Å². The molecule has 44 heavy (non-hydrogen) atoms. The summed E-state index contributed by atoms with van der Waals surface area (Å²) in [5, 5.41) is 2.91. The number of rotatable bonds is 10. The fourth-order valence-electron chi connectivity index (χ4n) is 4.77. The summed E-state index contributed by atoms with van der Waals surface area (Å²) in [5.74, 6) is 0.288. The van der Waals surface area contributed by atoms with Gasteiger partial charge in [-0.1, -0.05) is 57.2 Å². The van der Waals surface area contributed by atoms with E-state index in [9.17, 15) is 17.6 Å². The molecule has 4 aromatic rings. The molecule has 10 heteroatoms. The predicted octanol–water partition coefficient (Wildman–Crippen LogP) is 7.32. The van der Waals surface area contributed by atoms with Crippen LogP contribution < -0.4 is 19.5 Å². The van der Waals surface area contributed by atoms with Crippen molar-refractivity contribution in [1.29, 1.82) is 0 Å². The first-order chi connectivity index (χ1) is 21.0. The first kappa shape index (κ1) is 30.9. The van der Waals surface area contributed by atoms with E-state index in [1.54, 1.807) is 11.0 Å². The molecule has 0 bridgehead atoms. The molecule has 2 N–H and O–H groups in total. The summed E-state index contributed by atoms with van der Waals surface area (Å²) in [7, 11) is -4.09. The van der Waals surface area contributed by atoms with Crippen molar-refractivity contribution < 1.29 is 27.1 Å². The van der Waals surface area contributed by atoms with Gasteiger partial charge in [0.05, 0.1) is 23.8 Å². The molecule has 0 aliphatic carbocycles. The van der Waals surface area contributed by atoms with Crippen molar-refractivity contribution in [1.82, 2.24) is 4.90 Å². The van der Waals surface area contributed by atoms with E-state index in [-0.39, 0.29) is 34.3 Å². The minimum absolute atomic E-state index is 0.00857. The molecule has 8 nitrogen and oxygen atoms in total. The zero-order chi connectivity index (χ0) is 31.3. The van der Waals surface area contributed by atoms with E-state index in [1.165, 1.54) is 24.3 Å². The standard InChI is InChI=1S/C34H36FN3O5S/c1-34(2,3)26-11-13-27(14-12-26)36-33(39)38-22-24-10-16-30(20-25(24)23-38)44(40,41)37-32-17-15-29(21-31(32)35)43-19-7-18-42-28-8-5-4-6-9-28/h4-6,8-17,20-21,37H,7,18-19,22-23H2,1-3H3,(H,36,39). The number of urea groups is 1. The minimum atomic E-state index is -4.09. The van der Waals surface area contributed by atoms with Gasteiger partial charge >= 0.3 is 6.03 Å². The van der Waals surface area contributed by atoms with Gasteiger partial charge in [0.2, 0.25) is 0 Å². The van der Waals surface area contributed by atoms with Crippen LogP contribution >= 0.6 is 0 Å². The second-order valence-electron chi connectivity index (χ2n) is 11.7. The van der Waals surface area contributed by atoms with E-state index in [4.69, 9.17) is 9.47 Å². The summed E-state index contributed by atoms with van der Waals surface area (Å²) >= 11 is 0. The smallest absolute Gasteiger partial charge is 0.322 e. The first-order valence-electron chi connectivity index (χ1n) is 14.4. The number of halogens is 1. The van der Waals surface area contributed by atoms with Crippen LogP contribution in [0.3, 0.4) is 0 Å². The lowest BCUT2D eigenvalue weighted by Gasteiger charge is -2.20. The monoisotopic (exact) mass is 617 g/mol. The summed E-state index contributed by atoms with van der Waals surface area (Å²) in [5.41, 5.74) is 3.23. The summed E-state index contributed by atoms with van der Waals surface area (Å²) in [6, 6.07) is 25.5. The number of fused-ring (bicyclic) bond motifs is 1. The number of para-hydroxylation sites is 1. The fourth-order valence-corrected chi connectivity index (χ4v) is 5.88. The topological polar surface area (TPSA) is 97.0 Å². The SMILES string of the molecule is CC(C)(C)c1ccc(NC(=O)N2Cc3ccc(S(=O)(=O)Nc4ccc(OCCCOc5ccccc5)cc4F)cc3C2)cc1. The van der Waals surface area contributed by atoms with Crippen LogP contribution in [-0.4, -0.2) is 32.6 Å². The molecule has 4 aromatic carbocycles. The highest BCUT2D eigenvalue weighted by Gasteiger charge is 2.26. The molecule has 2 amide bonds. The highest BCUT2D eigenvalue weighted by Crippen LogP contribution is 2.29. The third kappa shape index (κ3) is 7.68. The molecular weight excluding hydrogens is 581 g/mol. The van der Waals surface area contributed by atoms with Gasteiger partial charge in [-0.2, -0.15) is 0 Å². The van der Waals surface area contributed by atoms with Crippen LogP contribution in [-0.2, 0) is 28.5 Å².